The fourth-order valence-electron chi connectivity index (χ4n) is 1.42. The number of nitrogen functional groups attached to an aromatic ring is 1. The van der Waals surface area contributed by atoms with Crippen LogP contribution < -0.4 is 10.5 Å². The maximum atomic E-state index is 13.4. The van der Waals surface area contributed by atoms with Gasteiger partial charge in [-0.1, -0.05) is 0 Å². The lowest BCUT2D eigenvalue weighted by Gasteiger charge is -2.10. The van der Waals surface area contributed by atoms with Crippen molar-refractivity contribution in [2.75, 3.05) is 10.5 Å². The van der Waals surface area contributed by atoms with Gasteiger partial charge in [0.25, 0.3) is 10.0 Å². The zero-order valence-electron chi connectivity index (χ0n) is 9.77. The molecule has 1 heterocycles. The van der Waals surface area contributed by atoms with Gasteiger partial charge in [0.2, 0.25) is 0 Å². The number of hydrogen-bond donors (Lipinski definition) is 2. The van der Waals surface area contributed by atoms with Crippen molar-refractivity contribution in [3.8, 4) is 0 Å². The van der Waals surface area contributed by atoms with Gasteiger partial charge in [0.15, 0.2) is 11.6 Å². The molecule has 0 atom stereocenters. The number of benzene rings is 1. The van der Waals surface area contributed by atoms with Crippen LogP contribution in [0, 0.1) is 17.5 Å². The third-order valence-electron chi connectivity index (χ3n) is 2.36. The van der Waals surface area contributed by atoms with Gasteiger partial charge in [-0.15, -0.1) is 0 Å². The Morgan fingerprint density at radius 3 is 2.40 bits per heavy atom. The highest BCUT2D eigenvalue weighted by Crippen LogP contribution is 2.23. The molecule has 0 aliphatic rings. The first-order chi connectivity index (χ1) is 9.31. The van der Waals surface area contributed by atoms with E-state index in [4.69, 9.17) is 5.73 Å². The van der Waals surface area contributed by atoms with Crippen LogP contribution in [0.4, 0.5) is 24.5 Å². The summed E-state index contributed by atoms with van der Waals surface area (Å²) < 4.78 is 64.9. The molecule has 5 nitrogen and oxygen atoms in total. The number of halogens is 3. The minimum absolute atomic E-state index is 0.115. The number of nitrogens with one attached hydrogen (secondary N) is 1. The van der Waals surface area contributed by atoms with E-state index in [1.54, 1.807) is 4.72 Å². The first-order valence-electron chi connectivity index (χ1n) is 5.18. The molecular formula is C11H8F3N3O2S. The Balaban J connectivity index is 2.44. The van der Waals surface area contributed by atoms with Crippen LogP contribution in [0.1, 0.15) is 0 Å². The van der Waals surface area contributed by atoms with Crippen LogP contribution in [-0.2, 0) is 10.0 Å². The monoisotopic (exact) mass is 303 g/mol. The number of pyridine rings is 1. The summed E-state index contributed by atoms with van der Waals surface area (Å²) in [5.74, 6) is -4.07. The Morgan fingerprint density at radius 2 is 1.75 bits per heavy atom. The van der Waals surface area contributed by atoms with Crippen LogP contribution in [0.2, 0.25) is 0 Å². The largest absolute Gasteiger partial charge is 0.398 e. The highest BCUT2D eigenvalue weighted by Gasteiger charge is 2.20. The first kappa shape index (κ1) is 14.1. The van der Waals surface area contributed by atoms with E-state index < -0.39 is 38.1 Å². The molecule has 9 heteroatoms. The lowest BCUT2D eigenvalue weighted by atomic mass is 10.3. The molecule has 3 N–H and O–H groups in total. The molecule has 0 saturated carbocycles. The number of rotatable bonds is 3. The summed E-state index contributed by atoms with van der Waals surface area (Å²) in [5, 5.41) is 0. The van der Waals surface area contributed by atoms with Crippen LogP contribution >= 0.6 is 0 Å². The van der Waals surface area contributed by atoms with Crippen molar-refractivity contribution in [2.24, 2.45) is 0 Å². The number of nitrogens with two attached hydrogens (primary N) is 1. The fourth-order valence-corrected chi connectivity index (χ4v) is 2.55. The molecule has 106 valence electrons. The normalized spacial score (nSPS) is 11.3. The molecular weight excluding hydrogens is 295 g/mol. The van der Waals surface area contributed by atoms with Crippen LogP contribution in [-0.4, -0.2) is 13.4 Å². The smallest absolute Gasteiger partial charge is 0.265 e. The van der Waals surface area contributed by atoms with Crippen molar-refractivity contribution >= 4 is 21.4 Å². The second-order valence-corrected chi connectivity index (χ2v) is 5.42. The highest BCUT2D eigenvalue weighted by atomic mass is 32.2. The Bertz CT molecular complexity index is 766. The molecule has 0 aliphatic carbocycles. The minimum Gasteiger partial charge on any atom is -0.398 e. The SMILES string of the molecule is Nc1ccncc1S(=O)(=O)Nc1cc(F)c(F)cc1F. The van der Waals surface area contributed by atoms with E-state index in [9.17, 15) is 21.6 Å². The van der Waals surface area contributed by atoms with Gasteiger partial charge in [0.05, 0.1) is 11.4 Å². The molecule has 0 spiro atoms. The molecule has 0 fully saturated rings. The predicted octanol–water partition coefficient (Wildman–Crippen LogP) is 1.88. The molecule has 0 amide bonds. The third-order valence-corrected chi connectivity index (χ3v) is 3.77. The van der Waals surface area contributed by atoms with Gasteiger partial charge >= 0.3 is 0 Å². The molecule has 1 aromatic heterocycles. The predicted molar refractivity (Wildman–Crippen MR) is 65.8 cm³/mol. The van der Waals surface area contributed by atoms with E-state index >= 15 is 0 Å². The standard InChI is InChI=1S/C11H8F3N3O2S/c12-6-3-8(14)10(4-7(6)13)17-20(18,19)11-5-16-2-1-9(11)15/h1-5,17H,(H2,15,16). The molecule has 2 rings (SSSR count). The van der Waals surface area contributed by atoms with Gasteiger partial charge in [-0.3, -0.25) is 9.71 Å². The van der Waals surface area contributed by atoms with Crippen molar-refractivity contribution in [1.82, 2.24) is 4.98 Å². The molecule has 0 radical (unpaired) electrons. The summed E-state index contributed by atoms with van der Waals surface area (Å²) in [6, 6.07) is 1.87. The number of sulfonamides is 1. The molecule has 2 aromatic rings. The summed E-state index contributed by atoms with van der Waals surface area (Å²) in [6.07, 6.45) is 2.22. The third kappa shape index (κ3) is 2.67. The van der Waals surface area contributed by atoms with Gasteiger partial charge < -0.3 is 5.73 Å². The van der Waals surface area contributed by atoms with Crippen molar-refractivity contribution < 1.29 is 21.6 Å². The quantitative estimate of drug-likeness (QED) is 0.848. The van der Waals surface area contributed by atoms with Crippen LogP contribution in [0.15, 0.2) is 35.5 Å². The fraction of sp³-hybridized carbons (Fsp3) is 0. The first-order valence-corrected chi connectivity index (χ1v) is 6.66. The van der Waals surface area contributed by atoms with Crippen molar-refractivity contribution in [3.63, 3.8) is 0 Å². The number of hydrogen-bond acceptors (Lipinski definition) is 4. The van der Waals surface area contributed by atoms with Crippen molar-refractivity contribution in [2.45, 2.75) is 4.90 Å². The van der Waals surface area contributed by atoms with E-state index in [1.165, 1.54) is 12.3 Å². The van der Waals surface area contributed by atoms with E-state index in [0.717, 1.165) is 6.20 Å². The highest BCUT2D eigenvalue weighted by molar-refractivity contribution is 7.92. The second-order valence-electron chi connectivity index (χ2n) is 3.77. The summed E-state index contributed by atoms with van der Waals surface area (Å²) in [7, 11) is -4.26. The zero-order valence-corrected chi connectivity index (χ0v) is 10.6. The number of nitrogens with zero attached hydrogens (tertiary/aromatic N) is 1. The lowest BCUT2D eigenvalue weighted by Crippen LogP contribution is -2.16. The van der Waals surface area contributed by atoms with E-state index in [0.29, 0.717) is 6.07 Å². The molecule has 0 saturated heterocycles. The Morgan fingerprint density at radius 1 is 1.10 bits per heavy atom. The maximum absolute atomic E-state index is 13.4. The number of anilines is 2. The van der Waals surface area contributed by atoms with Crippen LogP contribution in [0.3, 0.4) is 0 Å². The summed E-state index contributed by atoms with van der Waals surface area (Å²) >= 11 is 0. The average Bonchev–Trinajstić information content (AvgIpc) is 2.36. The Labute approximate surface area is 112 Å². The van der Waals surface area contributed by atoms with Gasteiger partial charge in [-0.2, -0.15) is 0 Å². The summed E-state index contributed by atoms with van der Waals surface area (Å²) in [6.45, 7) is 0. The molecule has 20 heavy (non-hydrogen) atoms. The molecule has 1 aromatic carbocycles. The van der Waals surface area contributed by atoms with Crippen LogP contribution in [0.25, 0.3) is 0 Å². The summed E-state index contributed by atoms with van der Waals surface area (Å²) in [4.78, 5) is 3.18. The lowest BCUT2D eigenvalue weighted by molar-refractivity contribution is 0.496. The maximum Gasteiger partial charge on any atom is 0.265 e. The minimum atomic E-state index is -4.26. The second kappa shape index (κ2) is 5.00. The average molecular weight is 303 g/mol. The zero-order chi connectivity index (χ0) is 14.9. The number of aromatic nitrogens is 1. The van der Waals surface area contributed by atoms with Crippen molar-refractivity contribution in [1.29, 1.82) is 0 Å². The Hall–Kier alpha value is -2.29. The van der Waals surface area contributed by atoms with E-state index in [1.807, 2.05) is 0 Å². The van der Waals surface area contributed by atoms with E-state index in [2.05, 4.69) is 4.98 Å². The van der Waals surface area contributed by atoms with E-state index in [-0.39, 0.29) is 11.8 Å². The van der Waals surface area contributed by atoms with Gasteiger partial charge in [0.1, 0.15) is 10.7 Å². The van der Waals surface area contributed by atoms with Gasteiger partial charge in [0, 0.05) is 24.5 Å². The van der Waals surface area contributed by atoms with Crippen molar-refractivity contribution in [3.05, 3.63) is 48.0 Å². The van der Waals surface area contributed by atoms with Gasteiger partial charge in [-0.25, -0.2) is 21.6 Å². The summed E-state index contributed by atoms with van der Waals surface area (Å²) in [5.41, 5.74) is 4.62. The molecule has 0 unspecified atom stereocenters. The van der Waals surface area contributed by atoms with Crippen LogP contribution in [0.5, 0.6) is 0 Å². The Kier molecular flexibility index (Phi) is 3.53. The van der Waals surface area contributed by atoms with Gasteiger partial charge in [-0.05, 0) is 6.07 Å². The topological polar surface area (TPSA) is 85.1 Å². The molecule has 0 bridgehead atoms. The molecule has 0 aliphatic heterocycles.